The fraction of sp³-hybridized carbons (Fsp3) is 0.0667. The molecule has 0 aliphatic heterocycles. The van der Waals surface area contributed by atoms with E-state index in [4.69, 9.17) is 9.15 Å². The maximum absolute atomic E-state index is 11.7. The maximum atomic E-state index is 11.7. The Morgan fingerprint density at radius 3 is 2.90 bits per heavy atom. The Hall–Kier alpha value is -2.82. The van der Waals surface area contributed by atoms with Crippen molar-refractivity contribution in [3.05, 3.63) is 60.5 Å². The number of ether oxygens (including phenoxy) is 1. The molecule has 1 heterocycles. The minimum atomic E-state index is -0.503. The van der Waals surface area contributed by atoms with Gasteiger partial charge in [0, 0.05) is 5.69 Å². The summed E-state index contributed by atoms with van der Waals surface area (Å²) < 4.78 is 10.3. The highest BCUT2D eigenvalue weighted by Gasteiger charge is 2.05. The van der Waals surface area contributed by atoms with Crippen molar-refractivity contribution >= 4 is 22.9 Å². The number of benzene rings is 2. The summed E-state index contributed by atoms with van der Waals surface area (Å²) >= 11 is 0. The minimum absolute atomic E-state index is 0.235. The average molecular weight is 268 g/mol. The number of hydrogen-bond donors (Lipinski definition) is 1. The normalized spacial score (nSPS) is 10.4. The van der Waals surface area contributed by atoms with E-state index < -0.39 is 6.09 Å². The Bertz CT molecular complexity index is 722. The highest BCUT2D eigenvalue weighted by atomic mass is 16.5. The van der Waals surface area contributed by atoms with Crippen molar-refractivity contribution in [2.45, 2.75) is 6.61 Å². The highest BCUT2D eigenvalue weighted by molar-refractivity contribution is 5.88. The van der Waals surface area contributed by atoms with Crippen molar-refractivity contribution in [2.75, 3.05) is 5.32 Å². The zero-order chi connectivity index (χ0) is 13.8. The zero-order valence-electron chi connectivity index (χ0n) is 10.6. The zero-order valence-corrected chi connectivity index (χ0v) is 10.6. The second-order valence-corrected chi connectivity index (χ2v) is 4.22. The van der Waals surface area contributed by atoms with Gasteiger partial charge in [0.15, 0.2) is 12.0 Å². The van der Waals surface area contributed by atoms with Crippen LogP contribution in [0, 0.1) is 0 Å². The van der Waals surface area contributed by atoms with Crippen molar-refractivity contribution in [2.24, 2.45) is 0 Å². The van der Waals surface area contributed by atoms with Crippen molar-refractivity contribution in [3.63, 3.8) is 0 Å². The number of nitrogens with one attached hydrogen (secondary N) is 1. The summed E-state index contributed by atoms with van der Waals surface area (Å²) in [5.74, 6) is 0. The number of carbonyl (C=O) groups is 1. The van der Waals surface area contributed by atoms with Gasteiger partial charge in [0.05, 0.1) is 0 Å². The van der Waals surface area contributed by atoms with Crippen LogP contribution in [0.5, 0.6) is 0 Å². The van der Waals surface area contributed by atoms with Gasteiger partial charge in [-0.3, -0.25) is 5.32 Å². The number of carbonyl (C=O) groups excluding carboxylic acids is 1. The van der Waals surface area contributed by atoms with E-state index in [1.165, 1.54) is 6.39 Å². The predicted octanol–water partition coefficient (Wildman–Crippen LogP) is 3.58. The van der Waals surface area contributed by atoms with Crippen LogP contribution in [0.1, 0.15) is 5.56 Å². The van der Waals surface area contributed by atoms with Crippen molar-refractivity contribution in [3.8, 4) is 0 Å². The van der Waals surface area contributed by atoms with Crippen LogP contribution in [0.3, 0.4) is 0 Å². The molecule has 0 saturated carbocycles. The molecule has 5 heteroatoms. The maximum Gasteiger partial charge on any atom is 0.411 e. The number of amides is 1. The number of fused-ring (bicyclic) bond motifs is 1. The summed E-state index contributed by atoms with van der Waals surface area (Å²) in [6, 6.07) is 14.7. The van der Waals surface area contributed by atoms with E-state index >= 15 is 0 Å². The molecule has 0 aliphatic carbocycles. The third kappa shape index (κ3) is 2.77. The second-order valence-electron chi connectivity index (χ2n) is 4.22. The van der Waals surface area contributed by atoms with Crippen molar-refractivity contribution in [1.29, 1.82) is 0 Å². The number of rotatable bonds is 3. The standard InChI is InChI=1S/C15H12N2O3/c18-15(19-9-11-4-2-1-3-5-11)17-12-6-7-14-13(8-12)16-10-20-14/h1-8,10H,9H2,(H,17,18). The lowest BCUT2D eigenvalue weighted by atomic mass is 10.2. The number of anilines is 1. The van der Waals surface area contributed by atoms with Crippen LogP contribution in [0.15, 0.2) is 59.3 Å². The Labute approximate surface area is 115 Å². The molecule has 0 spiro atoms. The fourth-order valence-electron chi connectivity index (χ4n) is 1.81. The molecule has 0 unspecified atom stereocenters. The molecule has 3 aromatic rings. The molecule has 1 aromatic heterocycles. The molecule has 0 atom stereocenters. The van der Waals surface area contributed by atoms with Crippen LogP contribution in [0.4, 0.5) is 10.5 Å². The van der Waals surface area contributed by atoms with Gasteiger partial charge in [-0.05, 0) is 23.8 Å². The second kappa shape index (κ2) is 5.44. The summed E-state index contributed by atoms with van der Waals surface area (Å²) in [7, 11) is 0. The number of oxazole rings is 1. The van der Waals surface area contributed by atoms with Gasteiger partial charge in [-0.1, -0.05) is 30.3 Å². The average Bonchev–Trinajstić information content (AvgIpc) is 2.94. The highest BCUT2D eigenvalue weighted by Crippen LogP contribution is 2.17. The predicted molar refractivity (Wildman–Crippen MR) is 74.3 cm³/mol. The lowest BCUT2D eigenvalue weighted by Gasteiger charge is -2.06. The Morgan fingerprint density at radius 2 is 2.05 bits per heavy atom. The summed E-state index contributed by atoms with van der Waals surface area (Å²) in [5.41, 5.74) is 2.91. The topological polar surface area (TPSA) is 64.4 Å². The fourth-order valence-corrected chi connectivity index (χ4v) is 1.81. The van der Waals surface area contributed by atoms with Gasteiger partial charge < -0.3 is 9.15 Å². The third-order valence-electron chi connectivity index (χ3n) is 2.79. The smallest absolute Gasteiger partial charge is 0.411 e. The lowest BCUT2D eigenvalue weighted by molar-refractivity contribution is 0.155. The molecule has 20 heavy (non-hydrogen) atoms. The Morgan fingerprint density at radius 1 is 1.20 bits per heavy atom. The molecule has 3 rings (SSSR count). The third-order valence-corrected chi connectivity index (χ3v) is 2.79. The van der Waals surface area contributed by atoms with Gasteiger partial charge >= 0.3 is 6.09 Å². The van der Waals surface area contributed by atoms with Gasteiger partial charge in [0.2, 0.25) is 0 Å². The van der Waals surface area contributed by atoms with Crippen LogP contribution in [-0.4, -0.2) is 11.1 Å². The molecule has 5 nitrogen and oxygen atoms in total. The SMILES string of the molecule is O=C(Nc1ccc2ocnc2c1)OCc1ccccc1. The number of nitrogens with zero attached hydrogens (tertiary/aromatic N) is 1. The van der Waals surface area contributed by atoms with E-state index in [2.05, 4.69) is 10.3 Å². The first kappa shape index (κ1) is 12.2. The van der Waals surface area contributed by atoms with Gasteiger partial charge in [-0.2, -0.15) is 0 Å². The summed E-state index contributed by atoms with van der Waals surface area (Å²) in [4.78, 5) is 15.7. The summed E-state index contributed by atoms with van der Waals surface area (Å²) in [6.45, 7) is 0.235. The number of aromatic nitrogens is 1. The molecule has 1 N–H and O–H groups in total. The quantitative estimate of drug-likeness (QED) is 0.788. The molecule has 100 valence electrons. The van der Waals surface area contributed by atoms with Crippen LogP contribution in [0.25, 0.3) is 11.1 Å². The van der Waals surface area contributed by atoms with Crippen LogP contribution in [0.2, 0.25) is 0 Å². The van der Waals surface area contributed by atoms with Crippen LogP contribution in [-0.2, 0) is 11.3 Å². The number of hydrogen-bond acceptors (Lipinski definition) is 4. The summed E-state index contributed by atoms with van der Waals surface area (Å²) in [6.07, 6.45) is 0.860. The Balaban J connectivity index is 1.61. The molecular weight excluding hydrogens is 256 g/mol. The molecule has 0 radical (unpaired) electrons. The molecule has 0 saturated heterocycles. The Kier molecular flexibility index (Phi) is 3.33. The van der Waals surface area contributed by atoms with Crippen LogP contribution >= 0.6 is 0 Å². The van der Waals surface area contributed by atoms with E-state index in [9.17, 15) is 4.79 Å². The lowest BCUT2D eigenvalue weighted by Crippen LogP contribution is -2.13. The first-order valence-corrected chi connectivity index (χ1v) is 6.12. The van der Waals surface area contributed by atoms with E-state index in [-0.39, 0.29) is 6.61 Å². The van der Waals surface area contributed by atoms with Gasteiger partial charge in [-0.15, -0.1) is 0 Å². The van der Waals surface area contributed by atoms with E-state index in [0.717, 1.165) is 5.56 Å². The monoisotopic (exact) mass is 268 g/mol. The largest absolute Gasteiger partial charge is 0.444 e. The molecular formula is C15H12N2O3. The van der Waals surface area contributed by atoms with Crippen molar-refractivity contribution < 1.29 is 13.9 Å². The van der Waals surface area contributed by atoms with Crippen LogP contribution < -0.4 is 5.32 Å². The van der Waals surface area contributed by atoms with E-state index in [1.54, 1.807) is 18.2 Å². The molecule has 0 aliphatic rings. The molecule has 0 fully saturated rings. The summed E-state index contributed by atoms with van der Waals surface area (Å²) in [5, 5.41) is 2.65. The van der Waals surface area contributed by atoms with Gasteiger partial charge in [0.25, 0.3) is 0 Å². The first-order chi connectivity index (χ1) is 9.81. The van der Waals surface area contributed by atoms with Crippen molar-refractivity contribution in [1.82, 2.24) is 4.98 Å². The first-order valence-electron chi connectivity index (χ1n) is 6.12. The molecule has 1 amide bonds. The van der Waals surface area contributed by atoms with Gasteiger partial charge in [-0.25, -0.2) is 9.78 Å². The molecule has 0 bridgehead atoms. The van der Waals surface area contributed by atoms with E-state index in [0.29, 0.717) is 16.8 Å². The minimum Gasteiger partial charge on any atom is -0.444 e. The van der Waals surface area contributed by atoms with Gasteiger partial charge in [0.1, 0.15) is 12.1 Å². The molecule has 2 aromatic carbocycles. The van der Waals surface area contributed by atoms with E-state index in [1.807, 2.05) is 30.3 Å².